The van der Waals surface area contributed by atoms with Gasteiger partial charge in [0, 0.05) is 19.3 Å². The molecule has 1 aliphatic rings. The van der Waals surface area contributed by atoms with Gasteiger partial charge in [0.15, 0.2) is 15.5 Å². The third-order valence-electron chi connectivity index (χ3n) is 5.28. The average molecular weight is 474 g/mol. The molecule has 2 aromatic heterocycles. The molecule has 0 unspecified atom stereocenters. The van der Waals surface area contributed by atoms with E-state index in [0.717, 1.165) is 19.1 Å². The van der Waals surface area contributed by atoms with Gasteiger partial charge in [-0.3, -0.25) is 0 Å². The number of benzene rings is 1. The molecule has 0 aliphatic carbocycles. The van der Waals surface area contributed by atoms with Gasteiger partial charge in [-0.2, -0.15) is 5.10 Å². The van der Waals surface area contributed by atoms with Crippen molar-refractivity contribution < 1.29 is 22.7 Å². The number of likely N-dealkylation sites (tertiary alicyclic amines) is 1. The van der Waals surface area contributed by atoms with E-state index in [0.29, 0.717) is 35.8 Å². The van der Waals surface area contributed by atoms with Crippen molar-refractivity contribution in [3.63, 3.8) is 0 Å². The highest BCUT2D eigenvalue weighted by molar-refractivity contribution is 7.90. The predicted molar refractivity (Wildman–Crippen MR) is 121 cm³/mol. The van der Waals surface area contributed by atoms with Crippen molar-refractivity contribution >= 4 is 27.0 Å². The Morgan fingerprint density at radius 2 is 1.76 bits per heavy atom. The summed E-state index contributed by atoms with van der Waals surface area (Å²) in [5.74, 6) is 0.797. The number of hydrogen-bond acceptors (Lipinski definition) is 8. The van der Waals surface area contributed by atoms with Gasteiger partial charge in [-0.25, -0.2) is 27.9 Å². The number of aromatic nitrogens is 4. The lowest BCUT2D eigenvalue weighted by molar-refractivity contribution is 0.0186. The first-order valence-corrected chi connectivity index (χ1v) is 12.5. The quantitative estimate of drug-likeness (QED) is 0.564. The van der Waals surface area contributed by atoms with Gasteiger partial charge >= 0.3 is 6.09 Å². The summed E-state index contributed by atoms with van der Waals surface area (Å²) < 4.78 is 36.5. The van der Waals surface area contributed by atoms with Crippen LogP contribution in [0.2, 0.25) is 0 Å². The maximum Gasteiger partial charge on any atom is 0.410 e. The average Bonchev–Trinajstić information content (AvgIpc) is 3.18. The molecule has 0 bridgehead atoms. The zero-order valence-corrected chi connectivity index (χ0v) is 19.9. The molecule has 1 fully saturated rings. The Labute approximate surface area is 192 Å². The van der Waals surface area contributed by atoms with Crippen LogP contribution in [0.1, 0.15) is 39.7 Å². The van der Waals surface area contributed by atoms with Gasteiger partial charge < -0.3 is 14.4 Å². The van der Waals surface area contributed by atoms with Gasteiger partial charge in [-0.1, -0.05) is 0 Å². The molecular formula is C22H27N5O5S. The second kappa shape index (κ2) is 8.62. The highest BCUT2D eigenvalue weighted by Crippen LogP contribution is 2.31. The summed E-state index contributed by atoms with van der Waals surface area (Å²) in [6.45, 7) is 6.71. The Balaban J connectivity index is 1.48. The summed E-state index contributed by atoms with van der Waals surface area (Å²) in [7, 11) is -3.28. The Kier molecular flexibility index (Phi) is 6.00. The molecule has 0 saturated carbocycles. The molecule has 0 spiro atoms. The lowest BCUT2D eigenvalue weighted by Crippen LogP contribution is -2.42. The first kappa shape index (κ1) is 23.0. The fourth-order valence-corrected chi connectivity index (χ4v) is 4.31. The van der Waals surface area contributed by atoms with Crippen LogP contribution in [0.15, 0.2) is 41.7 Å². The van der Waals surface area contributed by atoms with Crippen molar-refractivity contribution in [2.75, 3.05) is 19.3 Å². The summed E-state index contributed by atoms with van der Waals surface area (Å²) in [5.41, 5.74) is 0.119. The van der Waals surface area contributed by atoms with E-state index < -0.39 is 15.4 Å². The highest BCUT2D eigenvalue weighted by atomic mass is 32.2. The standard InChI is InChI=1S/C22H27N5O5S/c1-22(2,3)32-21(28)26-11-9-15(10-12-26)27-19-18(13-25-27)20(24-14-23-19)31-16-5-7-17(8-6-16)33(4,29)30/h5-8,13-15H,9-12H2,1-4H3. The number of fused-ring (bicyclic) bond motifs is 1. The van der Waals surface area contributed by atoms with Crippen molar-refractivity contribution in [1.29, 1.82) is 0 Å². The SMILES string of the molecule is CC(C)(C)OC(=O)N1CCC(n2ncc3c(Oc4ccc(S(C)(=O)=O)cc4)ncnc32)CC1. The number of amides is 1. The fraction of sp³-hybridized carbons (Fsp3) is 0.455. The minimum absolute atomic E-state index is 0.0815. The van der Waals surface area contributed by atoms with Crippen LogP contribution in [0.3, 0.4) is 0 Å². The van der Waals surface area contributed by atoms with E-state index in [9.17, 15) is 13.2 Å². The van der Waals surface area contributed by atoms with E-state index in [1.54, 1.807) is 23.2 Å². The van der Waals surface area contributed by atoms with Crippen molar-refractivity contribution in [3.8, 4) is 11.6 Å². The van der Waals surface area contributed by atoms with E-state index in [1.165, 1.54) is 18.5 Å². The summed E-state index contributed by atoms with van der Waals surface area (Å²) in [4.78, 5) is 22.9. The summed E-state index contributed by atoms with van der Waals surface area (Å²) >= 11 is 0. The van der Waals surface area contributed by atoms with Crippen LogP contribution in [-0.4, -0.2) is 64.1 Å². The van der Waals surface area contributed by atoms with Crippen molar-refractivity contribution in [2.45, 2.75) is 50.2 Å². The Morgan fingerprint density at radius 3 is 2.36 bits per heavy atom. The summed E-state index contributed by atoms with van der Waals surface area (Å²) in [6.07, 6.45) is 5.38. The predicted octanol–water partition coefficient (Wildman–Crippen LogP) is 3.59. The lowest BCUT2D eigenvalue weighted by atomic mass is 10.1. The molecule has 1 amide bonds. The van der Waals surface area contributed by atoms with Crippen molar-refractivity contribution in [1.82, 2.24) is 24.6 Å². The first-order chi connectivity index (χ1) is 15.5. The number of ether oxygens (including phenoxy) is 2. The van der Waals surface area contributed by atoms with E-state index in [1.807, 2.05) is 25.5 Å². The van der Waals surface area contributed by atoms with Crippen LogP contribution in [-0.2, 0) is 14.6 Å². The molecule has 1 aromatic carbocycles. The minimum Gasteiger partial charge on any atom is -0.444 e. The van der Waals surface area contributed by atoms with Crippen LogP contribution in [0.4, 0.5) is 4.79 Å². The smallest absolute Gasteiger partial charge is 0.410 e. The van der Waals surface area contributed by atoms with E-state index >= 15 is 0 Å². The Morgan fingerprint density at radius 1 is 1.09 bits per heavy atom. The molecule has 176 valence electrons. The van der Waals surface area contributed by atoms with Crippen LogP contribution < -0.4 is 4.74 Å². The molecule has 0 N–H and O–H groups in total. The molecule has 0 atom stereocenters. The third-order valence-corrected chi connectivity index (χ3v) is 6.41. The zero-order valence-electron chi connectivity index (χ0n) is 19.1. The van der Waals surface area contributed by atoms with E-state index in [4.69, 9.17) is 9.47 Å². The molecule has 4 rings (SSSR count). The number of sulfone groups is 1. The van der Waals surface area contributed by atoms with Crippen LogP contribution >= 0.6 is 0 Å². The first-order valence-electron chi connectivity index (χ1n) is 10.7. The van der Waals surface area contributed by atoms with Crippen LogP contribution in [0.5, 0.6) is 11.6 Å². The topological polar surface area (TPSA) is 117 Å². The third kappa shape index (κ3) is 5.24. The molecule has 0 radical (unpaired) electrons. The number of nitrogens with zero attached hydrogens (tertiary/aromatic N) is 5. The van der Waals surface area contributed by atoms with Gasteiger partial charge in [-0.15, -0.1) is 0 Å². The zero-order chi connectivity index (χ0) is 23.8. The molecule has 33 heavy (non-hydrogen) atoms. The Hall–Kier alpha value is -3.21. The molecular weight excluding hydrogens is 446 g/mol. The molecule has 3 aromatic rings. The largest absolute Gasteiger partial charge is 0.444 e. The summed E-state index contributed by atoms with van der Waals surface area (Å²) in [5, 5.41) is 5.17. The summed E-state index contributed by atoms with van der Waals surface area (Å²) in [6, 6.07) is 6.23. The lowest BCUT2D eigenvalue weighted by Gasteiger charge is -2.33. The molecule has 3 heterocycles. The van der Waals surface area contributed by atoms with Crippen molar-refractivity contribution in [2.24, 2.45) is 0 Å². The van der Waals surface area contributed by atoms with E-state index in [2.05, 4.69) is 15.1 Å². The van der Waals surface area contributed by atoms with Crippen molar-refractivity contribution in [3.05, 3.63) is 36.8 Å². The van der Waals surface area contributed by atoms with Crippen LogP contribution in [0.25, 0.3) is 11.0 Å². The number of carbonyl (C=O) groups excluding carboxylic acids is 1. The van der Waals surface area contributed by atoms with Gasteiger partial charge in [0.2, 0.25) is 5.88 Å². The fourth-order valence-electron chi connectivity index (χ4n) is 3.68. The molecule has 1 saturated heterocycles. The van der Waals surface area contributed by atoms with Gasteiger partial charge in [0.1, 0.15) is 23.1 Å². The number of rotatable bonds is 4. The highest BCUT2D eigenvalue weighted by Gasteiger charge is 2.29. The van der Waals surface area contributed by atoms with Gasteiger partial charge in [0.05, 0.1) is 17.1 Å². The van der Waals surface area contributed by atoms with Gasteiger partial charge in [0.25, 0.3) is 0 Å². The minimum atomic E-state index is -3.28. The second-order valence-electron chi connectivity index (χ2n) is 9.05. The van der Waals surface area contributed by atoms with E-state index in [-0.39, 0.29) is 17.0 Å². The van der Waals surface area contributed by atoms with Crippen LogP contribution in [0, 0.1) is 0 Å². The molecule has 1 aliphatic heterocycles. The molecule has 11 heteroatoms. The normalized spacial score (nSPS) is 15.6. The maximum atomic E-state index is 12.3. The Bertz CT molecular complexity index is 1260. The number of carbonyl (C=O) groups is 1. The maximum absolute atomic E-state index is 12.3. The number of piperidine rings is 1. The van der Waals surface area contributed by atoms with Gasteiger partial charge in [-0.05, 0) is 57.9 Å². The number of hydrogen-bond donors (Lipinski definition) is 0. The second-order valence-corrected chi connectivity index (χ2v) is 11.1. The monoisotopic (exact) mass is 473 g/mol. The molecule has 10 nitrogen and oxygen atoms in total.